The van der Waals surface area contributed by atoms with Crippen LogP contribution in [0.15, 0.2) is 18.2 Å². The van der Waals surface area contributed by atoms with E-state index >= 15 is 0 Å². The molecule has 3 N–H and O–H groups in total. The van der Waals surface area contributed by atoms with Gasteiger partial charge in [-0.1, -0.05) is 0 Å². The lowest BCUT2D eigenvalue weighted by molar-refractivity contribution is 0.0956. The normalized spacial score (nSPS) is 10.6. The summed E-state index contributed by atoms with van der Waals surface area (Å²) in [7, 11) is 6.08. The van der Waals surface area contributed by atoms with E-state index in [4.69, 9.17) is 5.73 Å². The third-order valence-electron chi connectivity index (χ3n) is 2.92. The zero-order chi connectivity index (χ0) is 14.4. The number of amides is 1. The highest BCUT2D eigenvalue weighted by atomic mass is 16.1. The predicted molar refractivity (Wildman–Crippen MR) is 80.7 cm³/mol. The van der Waals surface area contributed by atoms with E-state index in [1.165, 1.54) is 0 Å². The van der Waals surface area contributed by atoms with Gasteiger partial charge in [0.1, 0.15) is 0 Å². The Morgan fingerprint density at radius 1 is 1.26 bits per heavy atom. The maximum atomic E-state index is 11.7. The first-order valence-electron chi connectivity index (χ1n) is 6.49. The highest BCUT2D eigenvalue weighted by Gasteiger charge is 2.10. The zero-order valence-electron chi connectivity index (χ0n) is 12.2. The van der Waals surface area contributed by atoms with Crippen LogP contribution in [0.3, 0.4) is 0 Å². The molecule has 19 heavy (non-hydrogen) atoms. The van der Waals surface area contributed by atoms with Crippen molar-refractivity contribution < 1.29 is 4.79 Å². The van der Waals surface area contributed by atoms with Crippen LogP contribution in [0.1, 0.15) is 17.3 Å². The summed E-state index contributed by atoms with van der Waals surface area (Å²) in [6.45, 7) is 4.35. The van der Waals surface area contributed by atoms with Crippen molar-refractivity contribution in [2.45, 2.75) is 6.92 Å². The minimum absolute atomic E-state index is 0.0864. The molecule has 0 aliphatic carbocycles. The van der Waals surface area contributed by atoms with Gasteiger partial charge in [-0.25, -0.2) is 0 Å². The first-order valence-corrected chi connectivity index (χ1v) is 6.49. The number of nitrogen functional groups attached to an aromatic ring is 1. The van der Waals surface area contributed by atoms with Gasteiger partial charge < -0.3 is 20.9 Å². The Bertz CT molecular complexity index is 431. The second-order valence-electron chi connectivity index (χ2n) is 4.86. The number of nitrogens with two attached hydrogens (primary N) is 1. The summed E-state index contributed by atoms with van der Waals surface area (Å²) >= 11 is 0. The molecule has 0 unspecified atom stereocenters. The molecule has 0 fully saturated rings. The molecule has 0 atom stereocenters. The van der Waals surface area contributed by atoms with Crippen LogP contribution >= 0.6 is 0 Å². The van der Waals surface area contributed by atoms with Crippen LogP contribution in [0, 0.1) is 0 Å². The van der Waals surface area contributed by atoms with Gasteiger partial charge in [0.05, 0.1) is 11.4 Å². The van der Waals surface area contributed by atoms with E-state index < -0.39 is 0 Å². The molecule has 5 heteroatoms. The Morgan fingerprint density at radius 3 is 2.47 bits per heavy atom. The summed E-state index contributed by atoms with van der Waals surface area (Å²) in [6.07, 6.45) is 0. The largest absolute Gasteiger partial charge is 0.397 e. The van der Waals surface area contributed by atoms with Crippen molar-refractivity contribution in [3.8, 4) is 0 Å². The van der Waals surface area contributed by atoms with Crippen molar-refractivity contribution in [2.75, 3.05) is 51.4 Å². The predicted octanol–water partition coefficient (Wildman–Crippen LogP) is 1.02. The van der Waals surface area contributed by atoms with E-state index in [-0.39, 0.29) is 5.91 Å². The van der Waals surface area contributed by atoms with Gasteiger partial charge in [0, 0.05) is 32.2 Å². The molecule has 1 aromatic rings. The Morgan fingerprint density at radius 2 is 1.95 bits per heavy atom. The van der Waals surface area contributed by atoms with Gasteiger partial charge in [-0.15, -0.1) is 0 Å². The van der Waals surface area contributed by atoms with Crippen molar-refractivity contribution in [1.29, 1.82) is 0 Å². The van der Waals surface area contributed by atoms with Crippen LogP contribution in [-0.2, 0) is 0 Å². The Labute approximate surface area is 115 Å². The maximum Gasteiger partial charge on any atom is 0.251 e. The Balaban J connectivity index is 2.79. The number of hydrogen-bond donors (Lipinski definition) is 2. The van der Waals surface area contributed by atoms with E-state index in [1.54, 1.807) is 6.07 Å². The molecule has 0 saturated carbocycles. The van der Waals surface area contributed by atoms with Gasteiger partial charge in [-0.05, 0) is 39.2 Å². The number of rotatable bonds is 6. The second-order valence-corrected chi connectivity index (χ2v) is 4.86. The number of nitrogens with zero attached hydrogens (tertiary/aromatic N) is 2. The fourth-order valence-electron chi connectivity index (χ4n) is 1.78. The first kappa shape index (κ1) is 15.3. The quantitative estimate of drug-likeness (QED) is 0.753. The second kappa shape index (κ2) is 6.99. The van der Waals surface area contributed by atoms with Crippen molar-refractivity contribution >= 4 is 17.3 Å². The summed E-state index contributed by atoms with van der Waals surface area (Å²) in [6, 6.07) is 5.44. The SMILES string of the molecule is CCNC(=O)c1ccc(N(C)CCN(C)C)c(N)c1. The van der Waals surface area contributed by atoms with Crippen LogP contribution in [0.5, 0.6) is 0 Å². The molecule has 0 aliphatic rings. The monoisotopic (exact) mass is 264 g/mol. The molecule has 0 radical (unpaired) electrons. The van der Waals surface area contributed by atoms with E-state index in [0.717, 1.165) is 18.8 Å². The van der Waals surface area contributed by atoms with Gasteiger partial charge in [0.2, 0.25) is 0 Å². The van der Waals surface area contributed by atoms with Gasteiger partial charge in [0.15, 0.2) is 0 Å². The Kier molecular flexibility index (Phi) is 5.63. The lowest BCUT2D eigenvalue weighted by Gasteiger charge is -2.23. The maximum absolute atomic E-state index is 11.7. The molecule has 1 amide bonds. The van der Waals surface area contributed by atoms with Crippen molar-refractivity contribution in [3.05, 3.63) is 23.8 Å². The fraction of sp³-hybridized carbons (Fsp3) is 0.500. The van der Waals surface area contributed by atoms with Gasteiger partial charge in [-0.2, -0.15) is 0 Å². The Hall–Kier alpha value is -1.75. The van der Waals surface area contributed by atoms with Crippen LogP contribution in [0.4, 0.5) is 11.4 Å². The molecule has 0 heterocycles. The van der Waals surface area contributed by atoms with E-state index in [1.807, 2.05) is 40.2 Å². The van der Waals surface area contributed by atoms with Crippen molar-refractivity contribution in [3.63, 3.8) is 0 Å². The van der Waals surface area contributed by atoms with Gasteiger partial charge in [-0.3, -0.25) is 4.79 Å². The lowest BCUT2D eigenvalue weighted by Crippen LogP contribution is -2.29. The molecule has 0 bridgehead atoms. The van der Waals surface area contributed by atoms with Gasteiger partial charge in [0.25, 0.3) is 5.91 Å². The molecule has 1 rings (SSSR count). The minimum atomic E-state index is -0.0864. The standard InChI is InChI=1S/C14H24N4O/c1-5-16-14(19)11-6-7-13(12(15)10-11)18(4)9-8-17(2)3/h6-7,10H,5,8-9,15H2,1-4H3,(H,16,19). The number of anilines is 2. The number of nitrogens with one attached hydrogen (secondary N) is 1. The molecule has 106 valence electrons. The van der Waals surface area contributed by atoms with E-state index in [2.05, 4.69) is 15.1 Å². The number of hydrogen-bond acceptors (Lipinski definition) is 4. The van der Waals surface area contributed by atoms with Crippen LogP contribution in [0.25, 0.3) is 0 Å². The molecule has 0 aliphatic heterocycles. The van der Waals surface area contributed by atoms with Crippen molar-refractivity contribution in [1.82, 2.24) is 10.2 Å². The molecular formula is C14H24N4O. The fourth-order valence-corrected chi connectivity index (χ4v) is 1.78. The summed E-state index contributed by atoms with van der Waals surface area (Å²) < 4.78 is 0. The van der Waals surface area contributed by atoms with E-state index in [0.29, 0.717) is 17.8 Å². The average Bonchev–Trinajstić information content (AvgIpc) is 2.36. The number of benzene rings is 1. The average molecular weight is 264 g/mol. The highest BCUT2D eigenvalue weighted by Crippen LogP contribution is 2.23. The van der Waals surface area contributed by atoms with Crippen LogP contribution in [-0.4, -0.2) is 51.6 Å². The van der Waals surface area contributed by atoms with Crippen molar-refractivity contribution in [2.24, 2.45) is 0 Å². The van der Waals surface area contributed by atoms with E-state index in [9.17, 15) is 4.79 Å². The number of carbonyl (C=O) groups excluding carboxylic acids is 1. The number of carbonyl (C=O) groups is 1. The molecule has 0 spiro atoms. The third kappa shape index (κ3) is 4.44. The highest BCUT2D eigenvalue weighted by molar-refractivity contribution is 5.96. The first-order chi connectivity index (χ1) is 8.95. The lowest BCUT2D eigenvalue weighted by atomic mass is 10.1. The molecule has 0 saturated heterocycles. The van der Waals surface area contributed by atoms with Crippen LogP contribution in [0.2, 0.25) is 0 Å². The topological polar surface area (TPSA) is 61.6 Å². The molecule has 0 aromatic heterocycles. The summed E-state index contributed by atoms with van der Waals surface area (Å²) in [5.41, 5.74) is 8.21. The minimum Gasteiger partial charge on any atom is -0.397 e. The van der Waals surface area contributed by atoms with Crippen LogP contribution < -0.4 is 16.0 Å². The summed E-state index contributed by atoms with van der Waals surface area (Å²) in [5, 5.41) is 2.76. The zero-order valence-corrected chi connectivity index (χ0v) is 12.2. The summed E-state index contributed by atoms with van der Waals surface area (Å²) in [4.78, 5) is 15.9. The van der Waals surface area contributed by atoms with Gasteiger partial charge >= 0.3 is 0 Å². The molecule has 5 nitrogen and oxygen atoms in total. The smallest absolute Gasteiger partial charge is 0.251 e. The number of likely N-dealkylation sites (N-methyl/N-ethyl adjacent to an activating group) is 2. The third-order valence-corrected chi connectivity index (χ3v) is 2.92. The molecular weight excluding hydrogens is 240 g/mol. The molecule has 1 aromatic carbocycles. The summed E-state index contributed by atoms with van der Waals surface area (Å²) in [5.74, 6) is -0.0864.